The van der Waals surface area contributed by atoms with Crippen molar-refractivity contribution >= 4 is 22.6 Å². The van der Waals surface area contributed by atoms with Gasteiger partial charge in [-0.15, -0.1) is 11.3 Å². The summed E-state index contributed by atoms with van der Waals surface area (Å²) in [7, 11) is 3.20. The standard InChI is InChI=1S/C22H18N2O4S/c1-13-16(10-23)22(24-11-14-4-6-18-20(8-14)28-12-27-18)29-21(13)15-5-7-17(25-2)19(9-15)26-3/h4-9,11H,12H2,1-3H3. The van der Waals surface area contributed by atoms with Crippen LogP contribution in [0.3, 0.4) is 0 Å². The summed E-state index contributed by atoms with van der Waals surface area (Å²) >= 11 is 1.47. The molecule has 0 saturated carbocycles. The summed E-state index contributed by atoms with van der Waals surface area (Å²) in [6, 6.07) is 13.6. The van der Waals surface area contributed by atoms with Crippen molar-refractivity contribution in [1.29, 1.82) is 5.26 Å². The van der Waals surface area contributed by atoms with E-state index in [-0.39, 0.29) is 6.79 Å². The van der Waals surface area contributed by atoms with E-state index in [0.29, 0.717) is 27.8 Å². The summed E-state index contributed by atoms with van der Waals surface area (Å²) in [5, 5.41) is 10.3. The Morgan fingerprint density at radius 3 is 2.62 bits per heavy atom. The smallest absolute Gasteiger partial charge is 0.231 e. The molecule has 0 radical (unpaired) electrons. The summed E-state index contributed by atoms with van der Waals surface area (Å²) < 4.78 is 21.4. The van der Waals surface area contributed by atoms with Crippen LogP contribution in [0.25, 0.3) is 10.4 Å². The molecule has 1 aromatic heterocycles. The molecule has 7 heteroatoms. The van der Waals surface area contributed by atoms with Gasteiger partial charge in [-0.25, -0.2) is 4.99 Å². The van der Waals surface area contributed by atoms with Crippen LogP contribution in [0.15, 0.2) is 41.4 Å². The third kappa shape index (κ3) is 3.50. The summed E-state index contributed by atoms with van der Waals surface area (Å²) in [5.41, 5.74) is 3.28. The fourth-order valence-corrected chi connectivity index (χ4v) is 4.20. The van der Waals surface area contributed by atoms with E-state index < -0.39 is 0 Å². The topological polar surface area (TPSA) is 73.1 Å². The molecule has 1 aliphatic rings. The van der Waals surface area contributed by atoms with Crippen LogP contribution in [0.5, 0.6) is 23.0 Å². The first-order chi connectivity index (χ1) is 14.1. The number of benzene rings is 2. The van der Waals surface area contributed by atoms with Crippen molar-refractivity contribution in [2.75, 3.05) is 21.0 Å². The zero-order valence-corrected chi connectivity index (χ0v) is 17.0. The van der Waals surface area contributed by atoms with Gasteiger partial charge < -0.3 is 18.9 Å². The van der Waals surface area contributed by atoms with Crippen LogP contribution >= 0.6 is 11.3 Å². The van der Waals surface area contributed by atoms with E-state index in [1.807, 2.05) is 43.3 Å². The van der Waals surface area contributed by atoms with Crippen LogP contribution < -0.4 is 18.9 Å². The predicted molar refractivity (Wildman–Crippen MR) is 112 cm³/mol. The lowest BCUT2D eigenvalue weighted by molar-refractivity contribution is 0.174. The molecule has 0 spiro atoms. The summed E-state index contributed by atoms with van der Waals surface area (Å²) in [4.78, 5) is 5.55. The van der Waals surface area contributed by atoms with Crippen LogP contribution in [0.4, 0.5) is 5.00 Å². The summed E-state index contributed by atoms with van der Waals surface area (Å²) in [6.45, 7) is 2.16. The highest BCUT2D eigenvalue weighted by atomic mass is 32.1. The Kier molecular flexibility index (Phi) is 5.10. The number of hydrogen-bond donors (Lipinski definition) is 0. The maximum Gasteiger partial charge on any atom is 0.231 e. The minimum atomic E-state index is 0.229. The van der Waals surface area contributed by atoms with E-state index in [4.69, 9.17) is 18.9 Å². The van der Waals surface area contributed by atoms with Crippen molar-refractivity contribution in [3.05, 3.63) is 53.1 Å². The van der Waals surface area contributed by atoms with E-state index in [0.717, 1.165) is 27.3 Å². The number of ether oxygens (including phenoxy) is 4. The Bertz CT molecular complexity index is 1140. The number of aliphatic imine (C=N–C) groups is 1. The second-order valence-electron chi connectivity index (χ2n) is 6.29. The monoisotopic (exact) mass is 406 g/mol. The Morgan fingerprint density at radius 1 is 1.07 bits per heavy atom. The first-order valence-electron chi connectivity index (χ1n) is 8.84. The number of hydrogen-bond acceptors (Lipinski definition) is 7. The van der Waals surface area contributed by atoms with Crippen molar-refractivity contribution in [3.63, 3.8) is 0 Å². The lowest BCUT2D eigenvalue weighted by Gasteiger charge is -2.09. The third-order valence-electron chi connectivity index (χ3n) is 4.61. The van der Waals surface area contributed by atoms with Gasteiger partial charge in [0.2, 0.25) is 6.79 Å². The molecule has 0 bridgehead atoms. The molecule has 2 aromatic carbocycles. The molecule has 0 unspecified atom stereocenters. The van der Waals surface area contributed by atoms with Crippen LogP contribution in [0.2, 0.25) is 0 Å². The van der Waals surface area contributed by atoms with Gasteiger partial charge in [-0.2, -0.15) is 5.26 Å². The molecule has 2 heterocycles. The van der Waals surface area contributed by atoms with Gasteiger partial charge in [0.25, 0.3) is 0 Å². The van der Waals surface area contributed by atoms with Crippen molar-refractivity contribution in [2.45, 2.75) is 6.92 Å². The lowest BCUT2D eigenvalue weighted by Crippen LogP contribution is -1.92. The molecule has 4 rings (SSSR count). The lowest BCUT2D eigenvalue weighted by atomic mass is 10.1. The van der Waals surface area contributed by atoms with Crippen LogP contribution in [0, 0.1) is 18.3 Å². The van der Waals surface area contributed by atoms with Gasteiger partial charge in [0.15, 0.2) is 23.0 Å². The highest BCUT2D eigenvalue weighted by Crippen LogP contribution is 2.43. The Balaban J connectivity index is 1.70. The minimum Gasteiger partial charge on any atom is -0.493 e. The average Bonchev–Trinajstić information content (AvgIpc) is 3.35. The highest BCUT2D eigenvalue weighted by molar-refractivity contribution is 7.19. The van der Waals surface area contributed by atoms with Gasteiger partial charge in [0.1, 0.15) is 11.1 Å². The number of nitriles is 1. The summed E-state index contributed by atoms with van der Waals surface area (Å²) in [5.74, 6) is 2.72. The van der Waals surface area contributed by atoms with Gasteiger partial charge in [-0.3, -0.25) is 0 Å². The minimum absolute atomic E-state index is 0.229. The number of rotatable bonds is 5. The molecule has 1 aliphatic heterocycles. The summed E-state index contributed by atoms with van der Waals surface area (Å²) in [6.07, 6.45) is 1.73. The third-order valence-corrected chi connectivity index (χ3v) is 5.86. The zero-order valence-electron chi connectivity index (χ0n) is 16.2. The van der Waals surface area contributed by atoms with Gasteiger partial charge in [-0.05, 0) is 60.0 Å². The van der Waals surface area contributed by atoms with Gasteiger partial charge in [0.05, 0.1) is 19.8 Å². The molecular formula is C22H18N2O4S. The quantitative estimate of drug-likeness (QED) is 0.552. The SMILES string of the molecule is COc1ccc(-c2sc(N=Cc3ccc4c(c3)OCO4)c(C#N)c2C)cc1OC. The molecule has 29 heavy (non-hydrogen) atoms. The number of methoxy groups -OCH3 is 2. The maximum atomic E-state index is 9.67. The van der Waals surface area contributed by atoms with E-state index in [1.54, 1.807) is 20.4 Å². The van der Waals surface area contributed by atoms with Crippen molar-refractivity contribution in [2.24, 2.45) is 4.99 Å². The Morgan fingerprint density at radius 2 is 1.86 bits per heavy atom. The van der Waals surface area contributed by atoms with E-state index in [9.17, 15) is 5.26 Å². The van der Waals surface area contributed by atoms with Gasteiger partial charge in [-0.1, -0.05) is 0 Å². The first kappa shape index (κ1) is 18.8. The van der Waals surface area contributed by atoms with Gasteiger partial charge in [0, 0.05) is 11.1 Å². The number of fused-ring (bicyclic) bond motifs is 1. The molecule has 0 fully saturated rings. The molecule has 146 valence electrons. The number of thiophene rings is 1. The molecule has 0 N–H and O–H groups in total. The van der Waals surface area contributed by atoms with Crippen LogP contribution in [0.1, 0.15) is 16.7 Å². The van der Waals surface area contributed by atoms with Crippen molar-refractivity contribution in [1.82, 2.24) is 0 Å². The fourth-order valence-electron chi connectivity index (χ4n) is 3.10. The van der Waals surface area contributed by atoms with Crippen LogP contribution in [-0.4, -0.2) is 27.2 Å². The zero-order chi connectivity index (χ0) is 20.4. The first-order valence-corrected chi connectivity index (χ1v) is 9.66. The van der Waals surface area contributed by atoms with Crippen LogP contribution in [-0.2, 0) is 0 Å². The Labute approximate surface area is 172 Å². The second-order valence-corrected chi connectivity index (χ2v) is 7.29. The average molecular weight is 406 g/mol. The Hall–Kier alpha value is -3.50. The van der Waals surface area contributed by atoms with E-state index in [2.05, 4.69) is 11.1 Å². The van der Waals surface area contributed by atoms with Crippen molar-refractivity contribution < 1.29 is 18.9 Å². The molecule has 0 atom stereocenters. The number of nitrogens with zero attached hydrogens (tertiary/aromatic N) is 2. The van der Waals surface area contributed by atoms with Crippen molar-refractivity contribution in [3.8, 4) is 39.5 Å². The van der Waals surface area contributed by atoms with Gasteiger partial charge >= 0.3 is 0 Å². The van der Waals surface area contributed by atoms with E-state index >= 15 is 0 Å². The van der Waals surface area contributed by atoms with E-state index in [1.165, 1.54) is 11.3 Å². The largest absolute Gasteiger partial charge is 0.493 e. The molecule has 6 nitrogen and oxygen atoms in total. The molecule has 0 aliphatic carbocycles. The predicted octanol–water partition coefficient (Wildman–Crippen LogP) is 5.09. The second kappa shape index (κ2) is 7.86. The molecular weight excluding hydrogens is 388 g/mol. The maximum absolute atomic E-state index is 9.67. The molecule has 3 aromatic rings. The normalized spacial score (nSPS) is 12.2. The highest BCUT2D eigenvalue weighted by Gasteiger charge is 2.18. The molecule has 0 amide bonds. The molecule has 0 saturated heterocycles. The fraction of sp³-hybridized carbons (Fsp3) is 0.182.